The quantitative estimate of drug-likeness (QED) is 0.606. The average Bonchev–Trinajstić information content (AvgIpc) is 2.30. The van der Waals surface area contributed by atoms with Crippen LogP contribution in [0.2, 0.25) is 5.15 Å². The van der Waals surface area contributed by atoms with Gasteiger partial charge in [0.2, 0.25) is 0 Å². The van der Waals surface area contributed by atoms with Crippen LogP contribution < -0.4 is 4.90 Å². The summed E-state index contributed by atoms with van der Waals surface area (Å²) in [6, 6.07) is 3.76. The smallest absolute Gasteiger partial charge is 0.129 e. The van der Waals surface area contributed by atoms with Crippen molar-refractivity contribution in [3.63, 3.8) is 0 Å². The standard InChI is InChI=1S/C11H13ClN2O.ClH/c12-11-2-1-10(7-13-11)14-5-3-9(8-15)4-6-14;/h1-2,7-9H,3-6H2;1H. The Balaban J connectivity index is 0.00000128. The maximum absolute atomic E-state index is 10.6. The number of pyridine rings is 1. The zero-order valence-electron chi connectivity index (χ0n) is 8.80. The van der Waals surface area contributed by atoms with Gasteiger partial charge in [0, 0.05) is 19.0 Å². The van der Waals surface area contributed by atoms with Crippen molar-refractivity contribution in [2.75, 3.05) is 18.0 Å². The van der Waals surface area contributed by atoms with E-state index in [4.69, 9.17) is 11.6 Å². The molecule has 1 saturated heterocycles. The Kier molecular flexibility index (Phi) is 5.03. The molecule has 88 valence electrons. The zero-order valence-corrected chi connectivity index (χ0v) is 10.4. The van der Waals surface area contributed by atoms with Crippen LogP contribution in [-0.4, -0.2) is 24.4 Å². The molecule has 0 aliphatic carbocycles. The van der Waals surface area contributed by atoms with Gasteiger partial charge in [-0.25, -0.2) is 4.98 Å². The molecule has 0 bridgehead atoms. The highest BCUT2D eigenvalue weighted by molar-refractivity contribution is 6.29. The number of rotatable bonds is 2. The number of aromatic nitrogens is 1. The molecule has 1 aliphatic heterocycles. The summed E-state index contributed by atoms with van der Waals surface area (Å²) in [6.07, 6.45) is 4.72. The normalized spacial score (nSPS) is 16.7. The minimum absolute atomic E-state index is 0. The summed E-state index contributed by atoms with van der Waals surface area (Å²) >= 11 is 5.72. The molecule has 1 aromatic heterocycles. The third-order valence-corrected chi connectivity index (χ3v) is 3.03. The van der Waals surface area contributed by atoms with Gasteiger partial charge < -0.3 is 9.69 Å². The molecule has 0 unspecified atom stereocenters. The number of piperidine rings is 1. The van der Waals surface area contributed by atoms with E-state index in [9.17, 15) is 4.79 Å². The van der Waals surface area contributed by atoms with Gasteiger partial charge in [-0.3, -0.25) is 0 Å². The Labute approximate surface area is 106 Å². The molecule has 3 nitrogen and oxygen atoms in total. The first-order valence-corrected chi connectivity index (χ1v) is 5.49. The number of carbonyl (C=O) groups is 1. The lowest BCUT2D eigenvalue weighted by molar-refractivity contribution is -0.111. The van der Waals surface area contributed by atoms with E-state index in [0.29, 0.717) is 5.15 Å². The second-order valence-corrected chi connectivity index (χ2v) is 4.19. The number of hydrogen-bond acceptors (Lipinski definition) is 3. The minimum atomic E-state index is 0. The highest BCUT2D eigenvalue weighted by Crippen LogP contribution is 2.22. The number of anilines is 1. The van der Waals surface area contributed by atoms with Crippen LogP contribution in [0, 0.1) is 5.92 Å². The lowest BCUT2D eigenvalue weighted by Gasteiger charge is -2.31. The number of halogens is 2. The van der Waals surface area contributed by atoms with E-state index in [2.05, 4.69) is 9.88 Å². The van der Waals surface area contributed by atoms with Gasteiger partial charge in [0.15, 0.2) is 0 Å². The van der Waals surface area contributed by atoms with Gasteiger partial charge in [0.1, 0.15) is 11.4 Å². The molecule has 0 N–H and O–H groups in total. The summed E-state index contributed by atoms with van der Waals surface area (Å²) in [5.74, 6) is 0.238. The van der Waals surface area contributed by atoms with E-state index in [1.54, 1.807) is 12.3 Å². The van der Waals surface area contributed by atoms with Crippen LogP contribution in [0.1, 0.15) is 12.8 Å². The van der Waals surface area contributed by atoms with Crippen LogP contribution in [-0.2, 0) is 4.79 Å². The van der Waals surface area contributed by atoms with E-state index in [1.807, 2.05) is 6.07 Å². The molecule has 0 amide bonds. The Morgan fingerprint density at radius 2 is 2.06 bits per heavy atom. The van der Waals surface area contributed by atoms with Crippen molar-refractivity contribution in [2.24, 2.45) is 5.92 Å². The number of nitrogens with zero attached hydrogens (tertiary/aromatic N) is 2. The highest BCUT2D eigenvalue weighted by Gasteiger charge is 2.18. The van der Waals surface area contributed by atoms with Crippen LogP contribution in [0.25, 0.3) is 0 Å². The highest BCUT2D eigenvalue weighted by atomic mass is 35.5. The van der Waals surface area contributed by atoms with E-state index in [1.165, 1.54) is 0 Å². The van der Waals surface area contributed by atoms with Gasteiger partial charge in [0.05, 0.1) is 11.9 Å². The predicted octanol–water partition coefficient (Wildman–Crippen LogP) is 2.57. The molecule has 0 atom stereocenters. The van der Waals surface area contributed by atoms with Gasteiger partial charge >= 0.3 is 0 Å². The minimum Gasteiger partial charge on any atom is -0.370 e. The monoisotopic (exact) mass is 260 g/mol. The van der Waals surface area contributed by atoms with Crippen molar-refractivity contribution < 1.29 is 4.79 Å². The van der Waals surface area contributed by atoms with Crippen molar-refractivity contribution in [3.05, 3.63) is 23.5 Å². The molecule has 0 saturated carbocycles. The molecule has 0 spiro atoms. The number of carbonyl (C=O) groups excluding carboxylic acids is 1. The summed E-state index contributed by atoms with van der Waals surface area (Å²) in [6.45, 7) is 1.85. The van der Waals surface area contributed by atoms with Crippen LogP contribution in [0.4, 0.5) is 5.69 Å². The Bertz CT molecular complexity index is 334. The fraction of sp³-hybridized carbons (Fsp3) is 0.455. The first-order valence-electron chi connectivity index (χ1n) is 5.11. The van der Waals surface area contributed by atoms with Crippen LogP contribution in [0.15, 0.2) is 18.3 Å². The molecular formula is C11H14Cl2N2O. The topological polar surface area (TPSA) is 33.2 Å². The second-order valence-electron chi connectivity index (χ2n) is 3.80. The molecule has 16 heavy (non-hydrogen) atoms. The zero-order chi connectivity index (χ0) is 10.7. The summed E-state index contributed by atoms with van der Waals surface area (Å²) in [4.78, 5) is 16.9. The first kappa shape index (κ1) is 13.3. The molecule has 1 fully saturated rings. The Hall–Kier alpha value is -0.800. The summed E-state index contributed by atoms with van der Waals surface area (Å²) in [5, 5.41) is 0.515. The molecule has 0 aromatic carbocycles. The van der Waals surface area contributed by atoms with E-state index >= 15 is 0 Å². The fourth-order valence-electron chi connectivity index (χ4n) is 1.85. The van der Waals surface area contributed by atoms with Gasteiger partial charge in [-0.15, -0.1) is 12.4 Å². The predicted molar refractivity (Wildman–Crippen MR) is 67.5 cm³/mol. The van der Waals surface area contributed by atoms with Crippen molar-refractivity contribution in [2.45, 2.75) is 12.8 Å². The second kappa shape index (κ2) is 6.06. The lowest BCUT2D eigenvalue weighted by Crippen LogP contribution is -2.34. The van der Waals surface area contributed by atoms with Crippen molar-refractivity contribution in [3.8, 4) is 0 Å². The molecule has 2 heterocycles. The lowest BCUT2D eigenvalue weighted by atomic mass is 9.98. The Morgan fingerprint density at radius 1 is 1.38 bits per heavy atom. The fourth-order valence-corrected chi connectivity index (χ4v) is 1.96. The molecular weight excluding hydrogens is 247 g/mol. The third-order valence-electron chi connectivity index (χ3n) is 2.81. The molecule has 5 heteroatoms. The van der Waals surface area contributed by atoms with Gasteiger partial charge in [-0.05, 0) is 25.0 Å². The van der Waals surface area contributed by atoms with E-state index < -0.39 is 0 Å². The van der Waals surface area contributed by atoms with Gasteiger partial charge in [-0.2, -0.15) is 0 Å². The van der Waals surface area contributed by atoms with E-state index in [-0.39, 0.29) is 18.3 Å². The summed E-state index contributed by atoms with van der Waals surface area (Å²) in [7, 11) is 0. The van der Waals surface area contributed by atoms with E-state index in [0.717, 1.165) is 37.9 Å². The average molecular weight is 261 g/mol. The van der Waals surface area contributed by atoms with Crippen molar-refractivity contribution >= 4 is 36.0 Å². The van der Waals surface area contributed by atoms with Crippen LogP contribution in [0.5, 0.6) is 0 Å². The maximum Gasteiger partial charge on any atom is 0.129 e. The van der Waals surface area contributed by atoms with Gasteiger partial charge in [0.25, 0.3) is 0 Å². The molecule has 0 radical (unpaired) electrons. The van der Waals surface area contributed by atoms with Crippen LogP contribution in [0.3, 0.4) is 0 Å². The third kappa shape index (κ3) is 3.09. The molecule has 1 aromatic rings. The molecule has 1 aliphatic rings. The largest absolute Gasteiger partial charge is 0.370 e. The van der Waals surface area contributed by atoms with Crippen molar-refractivity contribution in [1.82, 2.24) is 4.98 Å². The van der Waals surface area contributed by atoms with Crippen LogP contribution >= 0.6 is 24.0 Å². The number of hydrogen-bond donors (Lipinski definition) is 0. The number of aldehydes is 1. The maximum atomic E-state index is 10.6. The summed E-state index contributed by atoms with van der Waals surface area (Å²) in [5.41, 5.74) is 1.09. The first-order chi connectivity index (χ1) is 7.29. The van der Waals surface area contributed by atoms with Crippen molar-refractivity contribution in [1.29, 1.82) is 0 Å². The Morgan fingerprint density at radius 3 is 2.56 bits per heavy atom. The molecule has 2 rings (SSSR count). The van der Waals surface area contributed by atoms with Gasteiger partial charge in [-0.1, -0.05) is 11.6 Å². The SMILES string of the molecule is Cl.O=CC1CCN(c2ccc(Cl)nc2)CC1. The summed E-state index contributed by atoms with van der Waals surface area (Å²) < 4.78 is 0.